The largest absolute Gasteiger partial charge is 0.366 e. The maximum Gasteiger partial charge on any atom is 0.135 e. The summed E-state index contributed by atoms with van der Waals surface area (Å²) in [6.07, 6.45) is 7.81. The Morgan fingerprint density at radius 2 is 2.00 bits per heavy atom. The molecule has 1 saturated carbocycles. The van der Waals surface area contributed by atoms with E-state index in [4.69, 9.17) is 4.98 Å². The van der Waals surface area contributed by atoms with E-state index in [1.165, 1.54) is 51.6 Å². The van der Waals surface area contributed by atoms with Gasteiger partial charge in [0.2, 0.25) is 0 Å². The molecular formula is C15H21BrN4. The SMILES string of the molecule is Brc1cc(NC2CCN3CCCCC23)nc(C2CC2)n1. The van der Waals surface area contributed by atoms with Gasteiger partial charge in [0.05, 0.1) is 0 Å². The van der Waals surface area contributed by atoms with E-state index in [1.54, 1.807) is 0 Å². The zero-order chi connectivity index (χ0) is 13.5. The van der Waals surface area contributed by atoms with E-state index in [2.05, 4.69) is 31.1 Å². The van der Waals surface area contributed by atoms with Crippen molar-refractivity contribution in [2.45, 2.75) is 56.5 Å². The Kier molecular flexibility index (Phi) is 3.42. The van der Waals surface area contributed by atoms with Crippen LogP contribution in [0, 0.1) is 0 Å². The normalized spacial score (nSPS) is 30.2. The van der Waals surface area contributed by atoms with E-state index in [-0.39, 0.29) is 0 Å². The second-order valence-corrected chi connectivity index (χ2v) is 7.16. The first-order valence-electron chi connectivity index (χ1n) is 7.85. The van der Waals surface area contributed by atoms with Crippen molar-refractivity contribution < 1.29 is 0 Å². The van der Waals surface area contributed by atoms with Gasteiger partial charge in [0.25, 0.3) is 0 Å². The third-order valence-electron chi connectivity index (χ3n) is 4.84. The monoisotopic (exact) mass is 336 g/mol. The van der Waals surface area contributed by atoms with E-state index in [1.807, 2.05) is 6.07 Å². The van der Waals surface area contributed by atoms with Crippen LogP contribution in [0.2, 0.25) is 0 Å². The van der Waals surface area contributed by atoms with Crippen LogP contribution in [0.15, 0.2) is 10.7 Å². The first kappa shape index (κ1) is 13.0. The molecule has 2 atom stereocenters. The summed E-state index contributed by atoms with van der Waals surface area (Å²) in [5.74, 6) is 2.62. The van der Waals surface area contributed by atoms with E-state index >= 15 is 0 Å². The van der Waals surface area contributed by atoms with Crippen LogP contribution in [0.4, 0.5) is 5.82 Å². The molecule has 0 spiro atoms. The number of nitrogens with one attached hydrogen (secondary N) is 1. The lowest BCUT2D eigenvalue weighted by Crippen LogP contribution is -2.41. The predicted molar refractivity (Wildman–Crippen MR) is 82.9 cm³/mol. The van der Waals surface area contributed by atoms with Gasteiger partial charge in [0.15, 0.2) is 0 Å². The molecule has 0 aromatic carbocycles. The fraction of sp³-hybridized carbons (Fsp3) is 0.733. The quantitative estimate of drug-likeness (QED) is 0.861. The number of nitrogens with zero attached hydrogens (tertiary/aromatic N) is 3. The fourth-order valence-corrected chi connectivity index (χ4v) is 4.04. The van der Waals surface area contributed by atoms with E-state index in [0.717, 1.165) is 16.2 Å². The van der Waals surface area contributed by atoms with Gasteiger partial charge in [-0.3, -0.25) is 4.90 Å². The van der Waals surface area contributed by atoms with E-state index in [0.29, 0.717) is 18.0 Å². The molecule has 5 heteroatoms. The molecule has 0 bridgehead atoms. The Morgan fingerprint density at radius 1 is 1.10 bits per heavy atom. The molecule has 0 radical (unpaired) electrons. The molecule has 1 aromatic heterocycles. The average Bonchev–Trinajstić information content (AvgIpc) is 3.22. The smallest absolute Gasteiger partial charge is 0.135 e. The van der Waals surface area contributed by atoms with Crippen LogP contribution in [-0.4, -0.2) is 40.0 Å². The lowest BCUT2D eigenvalue weighted by molar-refractivity contribution is 0.192. The Labute approximate surface area is 128 Å². The standard InChI is InChI=1S/C15H21BrN4/c16-13-9-14(19-15(18-13)10-4-5-10)17-11-6-8-20-7-2-1-3-12(11)20/h9-12H,1-8H2,(H,17,18,19). The highest BCUT2D eigenvalue weighted by Crippen LogP contribution is 2.39. The van der Waals surface area contributed by atoms with Gasteiger partial charge in [0, 0.05) is 30.6 Å². The molecule has 3 heterocycles. The highest BCUT2D eigenvalue weighted by Gasteiger charge is 2.36. The number of anilines is 1. The number of halogens is 1. The van der Waals surface area contributed by atoms with Gasteiger partial charge in [-0.1, -0.05) is 6.42 Å². The second-order valence-electron chi connectivity index (χ2n) is 6.35. The topological polar surface area (TPSA) is 41.0 Å². The van der Waals surface area contributed by atoms with Crippen LogP contribution in [-0.2, 0) is 0 Å². The number of hydrogen-bond donors (Lipinski definition) is 1. The van der Waals surface area contributed by atoms with Crippen molar-refractivity contribution in [3.8, 4) is 0 Å². The molecule has 20 heavy (non-hydrogen) atoms. The first-order chi connectivity index (χ1) is 9.79. The van der Waals surface area contributed by atoms with Gasteiger partial charge in [-0.25, -0.2) is 9.97 Å². The zero-order valence-electron chi connectivity index (χ0n) is 11.7. The molecule has 0 amide bonds. The predicted octanol–water partition coefficient (Wildman–Crippen LogP) is 3.16. The number of fused-ring (bicyclic) bond motifs is 1. The fourth-order valence-electron chi connectivity index (χ4n) is 3.64. The number of rotatable bonds is 3. The molecule has 4 nitrogen and oxygen atoms in total. The molecular weight excluding hydrogens is 316 g/mol. The van der Waals surface area contributed by atoms with Gasteiger partial charge in [-0.2, -0.15) is 0 Å². The lowest BCUT2D eigenvalue weighted by atomic mass is 9.99. The summed E-state index contributed by atoms with van der Waals surface area (Å²) < 4.78 is 0.912. The van der Waals surface area contributed by atoms with Crippen LogP contribution in [0.25, 0.3) is 0 Å². The van der Waals surface area contributed by atoms with Crippen molar-refractivity contribution in [1.29, 1.82) is 0 Å². The van der Waals surface area contributed by atoms with Crippen LogP contribution < -0.4 is 5.32 Å². The minimum absolute atomic E-state index is 0.559. The molecule has 108 valence electrons. The van der Waals surface area contributed by atoms with Gasteiger partial charge in [0.1, 0.15) is 16.2 Å². The van der Waals surface area contributed by atoms with Gasteiger partial charge >= 0.3 is 0 Å². The average molecular weight is 337 g/mol. The molecule has 3 fully saturated rings. The maximum atomic E-state index is 4.73. The Balaban J connectivity index is 1.50. The van der Waals surface area contributed by atoms with Crippen LogP contribution in [0.3, 0.4) is 0 Å². The molecule has 4 rings (SSSR count). The van der Waals surface area contributed by atoms with Crippen molar-refractivity contribution in [2.24, 2.45) is 0 Å². The Bertz CT molecular complexity index is 503. The molecule has 2 aliphatic heterocycles. The van der Waals surface area contributed by atoms with Crippen molar-refractivity contribution in [3.63, 3.8) is 0 Å². The summed E-state index contributed by atoms with van der Waals surface area (Å²) in [7, 11) is 0. The van der Waals surface area contributed by atoms with Crippen LogP contribution >= 0.6 is 15.9 Å². The first-order valence-corrected chi connectivity index (χ1v) is 8.64. The summed E-state index contributed by atoms with van der Waals surface area (Å²) in [5.41, 5.74) is 0. The summed E-state index contributed by atoms with van der Waals surface area (Å²) in [6, 6.07) is 3.29. The van der Waals surface area contributed by atoms with Gasteiger partial charge < -0.3 is 5.32 Å². The summed E-state index contributed by atoms with van der Waals surface area (Å²) >= 11 is 3.53. The highest BCUT2D eigenvalue weighted by atomic mass is 79.9. The second kappa shape index (κ2) is 5.26. The summed E-state index contributed by atoms with van der Waals surface area (Å²) in [6.45, 7) is 2.52. The molecule has 2 unspecified atom stereocenters. The molecule has 2 saturated heterocycles. The molecule has 1 N–H and O–H groups in total. The zero-order valence-corrected chi connectivity index (χ0v) is 13.3. The third-order valence-corrected chi connectivity index (χ3v) is 5.25. The molecule has 1 aromatic rings. The highest BCUT2D eigenvalue weighted by molar-refractivity contribution is 9.10. The van der Waals surface area contributed by atoms with Gasteiger partial charge in [-0.15, -0.1) is 0 Å². The Hall–Kier alpha value is -0.680. The molecule has 1 aliphatic carbocycles. The van der Waals surface area contributed by atoms with Crippen molar-refractivity contribution in [2.75, 3.05) is 18.4 Å². The van der Waals surface area contributed by atoms with E-state index < -0.39 is 0 Å². The number of aromatic nitrogens is 2. The summed E-state index contributed by atoms with van der Waals surface area (Å²) in [4.78, 5) is 11.9. The lowest BCUT2D eigenvalue weighted by Gasteiger charge is -2.32. The van der Waals surface area contributed by atoms with Crippen molar-refractivity contribution >= 4 is 21.7 Å². The van der Waals surface area contributed by atoms with Crippen molar-refractivity contribution in [1.82, 2.24) is 14.9 Å². The number of piperidine rings is 1. The van der Waals surface area contributed by atoms with Crippen LogP contribution in [0.5, 0.6) is 0 Å². The van der Waals surface area contributed by atoms with Crippen LogP contribution in [0.1, 0.15) is 50.3 Å². The minimum atomic E-state index is 0.559. The third kappa shape index (κ3) is 2.58. The van der Waals surface area contributed by atoms with Gasteiger partial charge in [-0.05, 0) is 54.6 Å². The molecule has 3 aliphatic rings. The minimum Gasteiger partial charge on any atom is -0.366 e. The maximum absolute atomic E-state index is 4.73. The summed E-state index contributed by atoms with van der Waals surface area (Å²) in [5, 5.41) is 3.68. The Morgan fingerprint density at radius 3 is 2.85 bits per heavy atom. The van der Waals surface area contributed by atoms with Crippen molar-refractivity contribution in [3.05, 3.63) is 16.5 Å². The van der Waals surface area contributed by atoms with E-state index in [9.17, 15) is 0 Å². The number of hydrogen-bond acceptors (Lipinski definition) is 4.